The maximum absolute atomic E-state index is 12.1. The van der Waals surface area contributed by atoms with Crippen LogP contribution in [-0.4, -0.2) is 17.4 Å². The third-order valence-corrected chi connectivity index (χ3v) is 3.95. The first-order valence-electron chi connectivity index (χ1n) is 7.63. The molecule has 0 heterocycles. The number of amides is 1. The molecule has 0 saturated heterocycles. The zero-order chi connectivity index (χ0) is 18.9. The van der Waals surface area contributed by atoms with Crippen molar-refractivity contribution in [1.29, 1.82) is 5.26 Å². The van der Waals surface area contributed by atoms with Crippen molar-refractivity contribution in [3.63, 3.8) is 0 Å². The van der Waals surface area contributed by atoms with E-state index in [-0.39, 0.29) is 11.3 Å². The number of non-ortho nitro benzene ring substituents is 1. The topological polar surface area (TPSA) is 108 Å². The summed E-state index contributed by atoms with van der Waals surface area (Å²) in [4.78, 5) is 22.2. The smallest absolute Gasteiger partial charge is 0.269 e. The van der Waals surface area contributed by atoms with E-state index in [0.717, 1.165) is 16.5 Å². The van der Waals surface area contributed by atoms with Crippen molar-refractivity contribution < 1.29 is 9.72 Å². The van der Waals surface area contributed by atoms with Crippen LogP contribution in [0.2, 0.25) is 0 Å². The molecule has 0 atom stereocenters. The van der Waals surface area contributed by atoms with Crippen molar-refractivity contribution >= 4 is 33.2 Å². The van der Waals surface area contributed by atoms with Gasteiger partial charge in [-0.15, -0.1) is 0 Å². The molecule has 0 aliphatic carbocycles. The van der Waals surface area contributed by atoms with E-state index in [4.69, 9.17) is 5.26 Å². The number of hydrogen-bond acceptors (Lipinski definition) is 5. The highest BCUT2D eigenvalue weighted by Crippen LogP contribution is 2.16. The van der Waals surface area contributed by atoms with Gasteiger partial charge in [0.15, 0.2) is 0 Å². The standard InChI is InChI=1S/C18H15BrN4O3/c19-15-3-1-13(2-4-15)9-10-21-12-14(11-20)18(24)22-16-5-7-17(8-6-16)23(25)26/h1-8,12,21H,9-10H2,(H,22,24)/b14-12-. The molecule has 7 nitrogen and oxygen atoms in total. The number of rotatable bonds is 7. The van der Waals surface area contributed by atoms with Crippen LogP contribution in [0.5, 0.6) is 0 Å². The Morgan fingerprint density at radius 2 is 1.85 bits per heavy atom. The number of anilines is 1. The highest BCUT2D eigenvalue weighted by atomic mass is 79.9. The Kier molecular flexibility index (Phi) is 6.88. The summed E-state index contributed by atoms with van der Waals surface area (Å²) in [6.45, 7) is 0.567. The van der Waals surface area contributed by atoms with E-state index in [1.54, 1.807) is 0 Å². The summed E-state index contributed by atoms with van der Waals surface area (Å²) in [6, 6.07) is 15.1. The summed E-state index contributed by atoms with van der Waals surface area (Å²) < 4.78 is 1.00. The highest BCUT2D eigenvalue weighted by molar-refractivity contribution is 9.10. The largest absolute Gasteiger partial charge is 0.389 e. The maximum atomic E-state index is 12.1. The first kappa shape index (κ1) is 19.1. The van der Waals surface area contributed by atoms with Gasteiger partial charge in [0.2, 0.25) is 0 Å². The van der Waals surface area contributed by atoms with Gasteiger partial charge in [0.25, 0.3) is 11.6 Å². The van der Waals surface area contributed by atoms with E-state index in [0.29, 0.717) is 12.2 Å². The van der Waals surface area contributed by atoms with E-state index in [2.05, 4.69) is 26.6 Å². The highest BCUT2D eigenvalue weighted by Gasteiger charge is 2.10. The number of nitrogens with one attached hydrogen (secondary N) is 2. The van der Waals surface area contributed by atoms with E-state index in [9.17, 15) is 14.9 Å². The fourth-order valence-corrected chi connectivity index (χ4v) is 2.32. The van der Waals surface area contributed by atoms with Crippen LogP contribution in [0.3, 0.4) is 0 Å². The molecule has 0 saturated carbocycles. The number of nitro groups is 1. The number of nitriles is 1. The number of nitro benzene ring substituents is 1. The van der Waals surface area contributed by atoms with Gasteiger partial charge < -0.3 is 10.6 Å². The minimum Gasteiger partial charge on any atom is -0.389 e. The van der Waals surface area contributed by atoms with Crippen LogP contribution in [0.1, 0.15) is 5.56 Å². The fraction of sp³-hybridized carbons (Fsp3) is 0.111. The van der Waals surface area contributed by atoms with Crippen LogP contribution < -0.4 is 10.6 Å². The van der Waals surface area contributed by atoms with Crippen LogP contribution in [0.25, 0.3) is 0 Å². The van der Waals surface area contributed by atoms with Gasteiger partial charge in [-0.25, -0.2) is 0 Å². The second-order valence-corrected chi connectivity index (χ2v) is 6.17. The number of carbonyl (C=O) groups excluding carboxylic acids is 1. The van der Waals surface area contributed by atoms with E-state index >= 15 is 0 Å². The number of carbonyl (C=O) groups is 1. The average Bonchev–Trinajstić information content (AvgIpc) is 2.63. The summed E-state index contributed by atoms with van der Waals surface area (Å²) in [6.07, 6.45) is 2.10. The van der Waals surface area contributed by atoms with Crippen LogP contribution in [0, 0.1) is 21.4 Å². The van der Waals surface area contributed by atoms with Gasteiger partial charge >= 0.3 is 0 Å². The van der Waals surface area contributed by atoms with Gasteiger partial charge in [0.05, 0.1) is 4.92 Å². The minimum absolute atomic E-state index is 0.0753. The molecule has 26 heavy (non-hydrogen) atoms. The molecule has 0 bridgehead atoms. The van der Waals surface area contributed by atoms with Gasteiger partial charge in [0.1, 0.15) is 11.6 Å². The van der Waals surface area contributed by atoms with Gasteiger partial charge in [-0.3, -0.25) is 14.9 Å². The summed E-state index contributed by atoms with van der Waals surface area (Å²) in [5.41, 5.74) is 1.34. The molecule has 132 valence electrons. The Bertz CT molecular complexity index is 856. The fourth-order valence-electron chi connectivity index (χ4n) is 2.06. The van der Waals surface area contributed by atoms with Gasteiger partial charge in [-0.05, 0) is 36.2 Å². The van der Waals surface area contributed by atoms with Crippen molar-refractivity contribution in [3.05, 3.63) is 80.5 Å². The van der Waals surface area contributed by atoms with E-state index in [1.807, 2.05) is 30.3 Å². The maximum Gasteiger partial charge on any atom is 0.269 e. The Labute approximate surface area is 158 Å². The lowest BCUT2D eigenvalue weighted by atomic mass is 10.1. The first-order chi connectivity index (χ1) is 12.5. The molecule has 2 aromatic rings. The van der Waals surface area contributed by atoms with Gasteiger partial charge in [0, 0.05) is 35.0 Å². The summed E-state index contributed by atoms with van der Waals surface area (Å²) in [5.74, 6) is -0.586. The minimum atomic E-state index is -0.586. The van der Waals surface area contributed by atoms with Gasteiger partial charge in [-0.2, -0.15) is 5.26 Å². The predicted octanol–water partition coefficient (Wildman–Crippen LogP) is 3.54. The molecular formula is C18H15BrN4O3. The Balaban J connectivity index is 1.88. The van der Waals surface area contributed by atoms with E-state index < -0.39 is 10.8 Å². The number of benzene rings is 2. The monoisotopic (exact) mass is 414 g/mol. The second kappa shape index (κ2) is 9.34. The Morgan fingerprint density at radius 3 is 2.42 bits per heavy atom. The van der Waals surface area contributed by atoms with Crippen LogP contribution in [0.15, 0.2) is 64.8 Å². The molecular weight excluding hydrogens is 400 g/mol. The predicted molar refractivity (Wildman–Crippen MR) is 101 cm³/mol. The molecule has 1 amide bonds. The molecule has 0 unspecified atom stereocenters. The number of halogens is 1. The summed E-state index contributed by atoms with van der Waals surface area (Å²) in [7, 11) is 0. The van der Waals surface area contributed by atoms with Crippen molar-refractivity contribution in [1.82, 2.24) is 5.32 Å². The molecule has 0 spiro atoms. The normalized spacial score (nSPS) is 10.7. The van der Waals surface area contributed by atoms with Gasteiger partial charge in [-0.1, -0.05) is 28.1 Å². The quantitative estimate of drug-likeness (QED) is 0.237. The molecule has 2 N–H and O–H groups in total. The molecule has 0 aromatic heterocycles. The first-order valence-corrected chi connectivity index (χ1v) is 8.43. The van der Waals surface area contributed by atoms with Crippen LogP contribution >= 0.6 is 15.9 Å². The zero-order valence-electron chi connectivity index (χ0n) is 13.6. The summed E-state index contributed by atoms with van der Waals surface area (Å²) in [5, 5.41) is 25.2. The third kappa shape index (κ3) is 5.72. The van der Waals surface area contributed by atoms with Crippen molar-refractivity contribution in [2.75, 3.05) is 11.9 Å². The van der Waals surface area contributed by atoms with Crippen molar-refractivity contribution in [3.8, 4) is 6.07 Å². The van der Waals surface area contributed by atoms with Crippen LogP contribution in [0.4, 0.5) is 11.4 Å². The SMILES string of the molecule is N#C/C(=C/NCCc1ccc(Br)cc1)C(=O)Nc1ccc([N+](=O)[O-])cc1. The lowest BCUT2D eigenvalue weighted by molar-refractivity contribution is -0.384. The lowest BCUT2D eigenvalue weighted by Crippen LogP contribution is -2.18. The Morgan fingerprint density at radius 1 is 1.19 bits per heavy atom. The third-order valence-electron chi connectivity index (χ3n) is 3.42. The zero-order valence-corrected chi connectivity index (χ0v) is 15.2. The molecule has 2 aromatic carbocycles. The average molecular weight is 415 g/mol. The molecule has 0 aliphatic rings. The molecule has 0 fully saturated rings. The Hall–Kier alpha value is -3.18. The van der Waals surface area contributed by atoms with Crippen molar-refractivity contribution in [2.45, 2.75) is 6.42 Å². The van der Waals surface area contributed by atoms with Crippen molar-refractivity contribution in [2.24, 2.45) is 0 Å². The molecule has 2 rings (SSSR count). The lowest BCUT2D eigenvalue weighted by Gasteiger charge is -2.05. The number of hydrogen-bond donors (Lipinski definition) is 2. The molecule has 8 heteroatoms. The second-order valence-electron chi connectivity index (χ2n) is 5.26. The number of nitrogens with zero attached hydrogens (tertiary/aromatic N) is 2. The van der Waals surface area contributed by atoms with E-state index in [1.165, 1.54) is 30.5 Å². The molecule has 0 aliphatic heterocycles. The molecule has 0 radical (unpaired) electrons. The summed E-state index contributed by atoms with van der Waals surface area (Å²) >= 11 is 3.37. The van der Waals surface area contributed by atoms with Crippen LogP contribution in [-0.2, 0) is 11.2 Å².